The molecule has 9 heteroatoms. The Hall–Kier alpha value is -2.65. The first-order valence-electron chi connectivity index (χ1n) is 8.76. The molecule has 27 heavy (non-hydrogen) atoms. The number of carbonyl (C=O) groups is 3. The van der Waals surface area contributed by atoms with Crippen LogP contribution in [-0.4, -0.2) is 79.2 Å². The van der Waals surface area contributed by atoms with Crippen molar-refractivity contribution in [1.29, 1.82) is 0 Å². The largest absolute Gasteiger partial charge is 0.497 e. The van der Waals surface area contributed by atoms with Crippen LogP contribution < -0.4 is 15.4 Å². The first-order valence-corrected chi connectivity index (χ1v) is 8.76. The zero-order valence-corrected chi connectivity index (χ0v) is 15.6. The van der Waals surface area contributed by atoms with Crippen molar-refractivity contribution in [3.05, 3.63) is 24.3 Å². The van der Waals surface area contributed by atoms with Crippen molar-refractivity contribution in [1.82, 2.24) is 15.1 Å². The molecule has 0 radical (unpaired) electrons. The van der Waals surface area contributed by atoms with Gasteiger partial charge < -0.3 is 15.2 Å². The van der Waals surface area contributed by atoms with E-state index in [0.29, 0.717) is 24.5 Å². The van der Waals surface area contributed by atoms with Gasteiger partial charge in [-0.2, -0.15) is 0 Å². The lowest BCUT2D eigenvalue weighted by Crippen LogP contribution is -2.48. The maximum absolute atomic E-state index is 12.1. The van der Waals surface area contributed by atoms with E-state index in [9.17, 15) is 14.4 Å². The molecule has 9 nitrogen and oxygen atoms in total. The van der Waals surface area contributed by atoms with Gasteiger partial charge >= 0.3 is 12.0 Å². The van der Waals surface area contributed by atoms with Crippen molar-refractivity contribution < 1.29 is 24.2 Å². The standard InChI is InChI=1S/C18H26N4O5/c1-21(12-17(24)25)14-7-9-22(10-8-14)11-16(23)20-18(26)19-13-3-5-15(27-2)6-4-13/h3-6,14H,7-12H2,1-2H3,(H,24,25)(H2,19,20,23,26). The quantitative estimate of drug-likeness (QED) is 0.644. The molecule has 1 saturated heterocycles. The summed E-state index contributed by atoms with van der Waals surface area (Å²) in [6, 6.07) is 6.40. The number of methoxy groups -OCH3 is 1. The Bertz CT molecular complexity index is 656. The van der Waals surface area contributed by atoms with Crippen molar-refractivity contribution in [2.75, 3.05) is 45.7 Å². The molecule has 1 aromatic carbocycles. The normalized spacial score (nSPS) is 15.4. The van der Waals surface area contributed by atoms with E-state index < -0.39 is 12.0 Å². The Labute approximate surface area is 158 Å². The summed E-state index contributed by atoms with van der Waals surface area (Å²) in [5.41, 5.74) is 0.559. The second kappa shape index (κ2) is 9.89. The lowest BCUT2D eigenvalue weighted by molar-refractivity contribution is -0.138. The number of hydrogen-bond donors (Lipinski definition) is 3. The van der Waals surface area contributed by atoms with Crippen molar-refractivity contribution in [2.45, 2.75) is 18.9 Å². The predicted octanol–water partition coefficient (Wildman–Crippen LogP) is 0.824. The van der Waals surface area contributed by atoms with Crippen LogP contribution in [-0.2, 0) is 9.59 Å². The van der Waals surface area contributed by atoms with Crippen LogP contribution in [0.25, 0.3) is 0 Å². The number of likely N-dealkylation sites (N-methyl/N-ethyl adjacent to an activating group) is 1. The van der Waals surface area contributed by atoms with Gasteiger partial charge in [0.25, 0.3) is 0 Å². The fraction of sp³-hybridized carbons (Fsp3) is 0.500. The molecular weight excluding hydrogens is 352 g/mol. The van der Waals surface area contributed by atoms with Crippen LogP contribution in [0.15, 0.2) is 24.3 Å². The molecule has 2 rings (SSSR count). The maximum atomic E-state index is 12.1. The number of rotatable bonds is 7. The van der Waals surface area contributed by atoms with Gasteiger partial charge in [-0.15, -0.1) is 0 Å². The molecule has 1 fully saturated rings. The number of aliphatic carboxylic acids is 1. The van der Waals surface area contributed by atoms with Gasteiger partial charge in [-0.05, 0) is 44.2 Å². The lowest BCUT2D eigenvalue weighted by atomic mass is 10.0. The second-order valence-corrected chi connectivity index (χ2v) is 6.55. The molecule has 3 amide bonds. The molecule has 0 saturated carbocycles. The molecule has 1 aliphatic heterocycles. The van der Waals surface area contributed by atoms with Crippen molar-refractivity contribution in [3.63, 3.8) is 0 Å². The van der Waals surface area contributed by atoms with E-state index in [0.717, 1.165) is 12.8 Å². The van der Waals surface area contributed by atoms with Gasteiger partial charge in [-0.25, -0.2) is 4.79 Å². The third kappa shape index (κ3) is 6.87. The van der Waals surface area contributed by atoms with Gasteiger partial charge in [0.1, 0.15) is 5.75 Å². The van der Waals surface area contributed by atoms with E-state index in [4.69, 9.17) is 9.84 Å². The number of urea groups is 1. The number of amides is 3. The number of imide groups is 1. The van der Waals surface area contributed by atoms with Crippen molar-refractivity contribution >= 4 is 23.6 Å². The minimum Gasteiger partial charge on any atom is -0.497 e. The van der Waals surface area contributed by atoms with Crippen LogP contribution in [0.1, 0.15) is 12.8 Å². The average Bonchev–Trinajstić information content (AvgIpc) is 2.62. The van der Waals surface area contributed by atoms with Gasteiger partial charge in [-0.1, -0.05) is 0 Å². The molecule has 148 valence electrons. The molecule has 0 aromatic heterocycles. The summed E-state index contributed by atoms with van der Waals surface area (Å²) >= 11 is 0. The van der Waals surface area contributed by atoms with Gasteiger partial charge in [-0.3, -0.25) is 24.7 Å². The summed E-state index contributed by atoms with van der Waals surface area (Å²) in [6.07, 6.45) is 1.57. The van der Waals surface area contributed by atoms with Crippen LogP contribution in [0.5, 0.6) is 5.75 Å². The summed E-state index contributed by atoms with van der Waals surface area (Å²) in [5, 5.41) is 13.8. The predicted molar refractivity (Wildman–Crippen MR) is 99.9 cm³/mol. The van der Waals surface area contributed by atoms with Gasteiger partial charge in [0.2, 0.25) is 5.91 Å². The minimum absolute atomic E-state index is 0.0106. The first-order chi connectivity index (χ1) is 12.9. The van der Waals surface area contributed by atoms with E-state index in [1.165, 1.54) is 0 Å². The molecule has 1 aliphatic rings. The number of ether oxygens (including phenoxy) is 1. The van der Waals surface area contributed by atoms with Gasteiger partial charge in [0.05, 0.1) is 20.2 Å². The van der Waals surface area contributed by atoms with E-state index >= 15 is 0 Å². The first kappa shape index (κ1) is 20.7. The second-order valence-electron chi connectivity index (χ2n) is 6.55. The number of benzene rings is 1. The number of hydrogen-bond acceptors (Lipinski definition) is 6. The van der Waals surface area contributed by atoms with E-state index in [2.05, 4.69) is 10.6 Å². The molecule has 0 bridgehead atoms. The summed E-state index contributed by atoms with van der Waals surface area (Å²) < 4.78 is 5.04. The third-order valence-corrected chi connectivity index (χ3v) is 4.53. The highest BCUT2D eigenvalue weighted by atomic mass is 16.5. The van der Waals surface area contributed by atoms with Crippen molar-refractivity contribution in [3.8, 4) is 5.75 Å². The van der Waals surface area contributed by atoms with Crippen molar-refractivity contribution in [2.24, 2.45) is 0 Å². The summed E-state index contributed by atoms with van der Waals surface area (Å²) in [5.74, 6) is -0.546. The fourth-order valence-corrected chi connectivity index (χ4v) is 3.07. The number of nitrogens with zero attached hydrogens (tertiary/aromatic N) is 2. The highest BCUT2D eigenvalue weighted by Gasteiger charge is 2.24. The fourth-order valence-electron chi connectivity index (χ4n) is 3.07. The third-order valence-electron chi connectivity index (χ3n) is 4.53. The number of carboxylic acids is 1. The average molecular weight is 378 g/mol. The smallest absolute Gasteiger partial charge is 0.325 e. The monoisotopic (exact) mass is 378 g/mol. The lowest BCUT2D eigenvalue weighted by Gasteiger charge is -2.35. The number of carboxylic acid groups (broad SMARTS) is 1. The summed E-state index contributed by atoms with van der Waals surface area (Å²) in [7, 11) is 3.35. The Balaban J connectivity index is 1.71. The van der Waals surface area contributed by atoms with Crippen LogP contribution >= 0.6 is 0 Å². The van der Waals surface area contributed by atoms with Gasteiger partial charge in [0, 0.05) is 24.8 Å². The van der Waals surface area contributed by atoms with E-state index in [1.807, 2.05) is 9.80 Å². The van der Waals surface area contributed by atoms with Crippen LogP contribution in [0.4, 0.5) is 10.5 Å². The molecular formula is C18H26N4O5. The molecule has 3 N–H and O–H groups in total. The Morgan fingerprint density at radius 2 is 1.85 bits per heavy atom. The zero-order valence-electron chi connectivity index (χ0n) is 15.6. The topological polar surface area (TPSA) is 111 Å². The molecule has 0 atom stereocenters. The molecule has 1 heterocycles. The SMILES string of the molecule is COc1ccc(NC(=O)NC(=O)CN2CCC(N(C)CC(=O)O)CC2)cc1. The number of carbonyl (C=O) groups excluding carboxylic acids is 2. The van der Waals surface area contributed by atoms with Crippen LogP contribution in [0.3, 0.4) is 0 Å². The number of likely N-dealkylation sites (tertiary alicyclic amines) is 1. The van der Waals surface area contributed by atoms with Crippen LogP contribution in [0.2, 0.25) is 0 Å². The Kier molecular flexibility index (Phi) is 7.56. The summed E-state index contributed by atoms with van der Waals surface area (Å²) in [4.78, 5) is 38.5. The Morgan fingerprint density at radius 3 is 2.41 bits per heavy atom. The number of piperidine rings is 1. The zero-order chi connectivity index (χ0) is 19.8. The Morgan fingerprint density at radius 1 is 1.22 bits per heavy atom. The maximum Gasteiger partial charge on any atom is 0.325 e. The number of anilines is 1. The molecule has 0 aliphatic carbocycles. The van der Waals surface area contributed by atoms with E-state index in [-0.39, 0.29) is 25.0 Å². The number of nitrogens with one attached hydrogen (secondary N) is 2. The summed E-state index contributed by atoms with van der Waals surface area (Å²) in [6.45, 7) is 1.51. The van der Waals surface area contributed by atoms with E-state index in [1.54, 1.807) is 38.4 Å². The molecule has 0 unspecified atom stereocenters. The minimum atomic E-state index is -0.845. The molecule has 0 spiro atoms. The highest BCUT2D eigenvalue weighted by Crippen LogP contribution is 2.16. The van der Waals surface area contributed by atoms with Gasteiger partial charge in [0.15, 0.2) is 0 Å². The molecule has 1 aromatic rings. The highest BCUT2D eigenvalue weighted by molar-refractivity contribution is 6.01. The van der Waals surface area contributed by atoms with Crippen LogP contribution in [0, 0.1) is 0 Å².